The minimum Gasteiger partial charge on any atom is -0.399 e. The maximum absolute atomic E-state index is 11.7. The quantitative estimate of drug-likeness (QED) is 0.795. The highest BCUT2D eigenvalue weighted by Gasteiger charge is 2.22. The van der Waals surface area contributed by atoms with E-state index in [1.165, 1.54) is 31.2 Å². The van der Waals surface area contributed by atoms with Gasteiger partial charge in [0.1, 0.15) is 0 Å². The molecule has 16 heavy (non-hydrogen) atoms. The zero-order valence-corrected chi connectivity index (χ0v) is 10.4. The lowest BCUT2D eigenvalue weighted by atomic mass is 10.3. The molecule has 0 amide bonds. The average molecular weight is 263 g/mol. The number of benzene rings is 1. The van der Waals surface area contributed by atoms with Gasteiger partial charge < -0.3 is 5.73 Å². The largest absolute Gasteiger partial charge is 0.399 e. The molecule has 90 valence electrons. The molecule has 0 saturated carbocycles. The molecule has 5 nitrogen and oxygen atoms in total. The van der Waals surface area contributed by atoms with Gasteiger partial charge in [-0.3, -0.25) is 0 Å². The zero-order valence-electron chi connectivity index (χ0n) is 8.75. The Hall–Kier alpha value is -1.08. The maximum atomic E-state index is 11.7. The van der Waals surface area contributed by atoms with E-state index in [1.54, 1.807) is 0 Å². The van der Waals surface area contributed by atoms with Crippen molar-refractivity contribution in [2.45, 2.75) is 11.8 Å². The van der Waals surface area contributed by atoms with E-state index in [1.807, 2.05) is 0 Å². The van der Waals surface area contributed by atoms with Crippen LogP contribution >= 0.6 is 0 Å². The van der Waals surface area contributed by atoms with Crippen LogP contribution in [0, 0.1) is 0 Å². The molecule has 7 heteroatoms. The fourth-order valence-electron chi connectivity index (χ4n) is 1.06. The van der Waals surface area contributed by atoms with Crippen LogP contribution in [0.2, 0.25) is 0 Å². The van der Waals surface area contributed by atoms with Crippen molar-refractivity contribution in [3.05, 3.63) is 24.3 Å². The van der Waals surface area contributed by atoms with E-state index in [9.17, 15) is 16.8 Å². The molecule has 0 aliphatic rings. The second-order valence-corrected chi connectivity index (χ2v) is 8.04. The van der Waals surface area contributed by atoms with E-state index < -0.39 is 24.8 Å². The van der Waals surface area contributed by atoms with Crippen LogP contribution in [0.15, 0.2) is 29.2 Å². The van der Waals surface area contributed by atoms with Gasteiger partial charge in [0.15, 0.2) is 24.8 Å². The second kappa shape index (κ2) is 4.42. The van der Waals surface area contributed by atoms with Crippen molar-refractivity contribution in [3.63, 3.8) is 0 Å². The second-order valence-electron chi connectivity index (χ2n) is 3.33. The van der Waals surface area contributed by atoms with E-state index in [0.717, 1.165) is 0 Å². The highest BCUT2D eigenvalue weighted by molar-refractivity contribution is 8.08. The topological polar surface area (TPSA) is 94.3 Å². The van der Waals surface area contributed by atoms with E-state index >= 15 is 0 Å². The van der Waals surface area contributed by atoms with Crippen molar-refractivity contribution in [1.29, 1.82) is 0 Å². The lowest BCUT2D eigenvalue weighted by Crippen LogP contribution is -2.18. The lowest BCUT2D eigenvalue weighted by molar-refractivity contribution is 0.589. The molecule has 0 radical (unpaired) electrons. The smallest absolute Gasteiger partial charge is 0.192 e. The standard InChI is InChI=1S/C9H13NO4S2/c1-2-15(11,12)7-16(13,14)9-5-3-8(10)4-6-9/h3-6H,2,7,10H2,1H3. The number of rotatable bonds is 4. The normalized spacial score (nSPS) is 12.6. The van der Waals surface area contributed by atoms with Crippen LogP contribution in [0.25, 0.3) is 0 Å². The van der Waals surface area contributed by atoms with Crippen molar-refractivity contribution in [3.8, 4) is 0 Å². The summed E-state index contributed by atoms with van der Waals surface area (Å²) in [6.45, 7) is 1.41. The summed E-state index contributed by atoms with van der Waals surface area (Å²) in [6, 6.07) is 5.45. The fourth-order valence-corrected chi connectivity index (χ4v) is 4.72. The Morgan fingerprint density at radius 2 is 1.56 bits per heavy atom. The Labute approximate surface area is 95.1 Å². The number of hydrogen-bond acceptors (Lipinski definition) is 5. The summed E-state index contributed by atoms with van der Waals surface area (Å²) >= 11 is 0. The predicted molar refractivity (Wildman–Crippen MR) is 62.4 cm³/mol. The third-order valence-electron chi connectivity index (χ3n) is 2.01. The third kappa shape index (κ3) is 3.21. The molecule has 2 N–H and O–H groups in total. The Balaban J connectivity index is 3.09. The summed E-state index contributed by atoms with van der Waals surface area (Å²) in [5.41, 5.74) is 5.84. The average Bonchev–Trinajstić information content (AvgIpc) is 2.17. The fraction of sp³-hybridized carbons (Fsp3) is 0.333. The first-order chi connectivity index (χ1) is 7.27. The van der Waals surface area contributed by atoms with Crippen molar-refractivity contribution < 1.29 is 16.8 Å². The number of sulfone groups is 2. The van der Waals surface area contributed by atoms with Crippen LogP contribution in [0.3, 0.4) is 0 Å². The van der Waals surface area contributed by atoms with Gasteiger partial charge in [-0.1, -0.05) is 6.92 Å². The number of nitrogen functional groups attached to an aromatic ring is 1. The number of anilines is 1. The molecular formula is C9H13NO4S2. The molecule has 1 rings (SSSR count). The number of hydrogen-bond donors (Lipinski definition) is 1. The first-order valence-corrected chi connectivity index (χ1v) is 8.03. The van der Waals surface area contributed by atoms with Gasteiger partial charge in [-0.15, -0.1) is 0 Å². The van der Waals surface area contributed by atoms with Gasteiger partial charge in [0, 0.05) is 11.4 Å². The molecule has 0 heterocycles. The monoisotopic (exact) mass is 263 g/mol. The van der Waals surface area contributed by atoms with Crippen LogP contribution in [-0.4, -0.2) is 27.7 Å². The zero-order chi connectivity index (χ0) is 12.4. The Kier molecular flexibility index (Phi) is 3.59. The van der Waals surface area contributed by atoms with Crippen LogP contribution in [-0.2, 0) is 19.7 Å². The summed E-state index contributed by atoms with van der Waals surface area (Å²) in [5.74, 6) is -0.193. The maximum Gasteiger partial charge on any atom is 0.192 e. The van der Waals surface area contributed by atoms with Gasteiger partial charge >= 0.3 is 0 Å². The molecule has 0 aromatic heterocycles. The Morgan fingerprint density at radius 3 is 2.00 bits per heavy atom. The summed E-state index contributed by atoms with van der Waals surface area (Å²) in [6.07, 6.45) is 0. The van der Waals surface area contributed by atoms with Gasteiger partial charge in [0.05, 0.1) is 4.90 Å². The first-order valence-electron chi connectivity index (χ1n) is 4.55. The van der Waals surface area contributed by atoms with Gasteiger partial charge in [0.2, 0.25) is 0 Å². The van der Waals surface area contributed by atoms with Gasteiger partial charge in [-0.2, -0.15) is 0 Å². The summed E-state index contributed by atoms with van der Waals surface area (Å²) in [5, 5.41) is -0.861. The molecule has 0 unspecified atom stereocenters. The van der Waals surface area contributed by atoms with Gasteiger partial charge in [-0.25, -0.2) is 16.8 Å². The number of nitrogens with two attached hydrogens (primary N) is 1. The van der Waals surface area contributed by atoms with Gasteiger partial charge in [0.25, 0.3) is 0 Å². The highest BCUT2D eigenvalue weighted by atomic mass is 32.3. The highest BCUT2D eigenvalue weighted by Crippen LogP contribution is 2.15. The van der Waals surface area contributed by atoms with Crippen LogP contribution < -0.4 is 5.73 Å². The summed E-state index contributed by atoms with van der Waals surface area (Å²) < 4.78 is 45.9. The summed E-state index contributed by atoms with van der Waals surface area (Å²) in [7, 11) is -7.35. The van der Waals surface area contributed by atoms with E-state index in [4.69, 9.17) is 5.73 Å². The summed E-state index contributed by atoms with van der Waals surface area (Å²) in [4.78, 5) is -0.0290. The molecule has 0 aliphatic heterocycles. The minimum atomic E-state index is -3.79. The Bertz CT molecular complexity index is 558. The molecule has 0 saturated heterocycles. The van der Waals surface area contributed by atoms with Gasteiger partial charge in [-0.05, 0) is 24.3 Å². The molecule has 0 aliphatic carbocycles. The van der Waals surface area contributed by atoms with Crippen LogP contribution in [0.5, 0.6) is 0 Å². The molecule has 0 atom stereocenters. The lowest BCUT2D eigenvalue weighted by Gasteiger charge is -2.04. The van der Waals surface area contributed by atoms with E-state index in [-0.39, 0.29) is 10.6 Å². The molecule has 0 bridgehead atoms. The van der Waals surface area contributed by atoms with Crippen molar-refractivity contribution in [2.24, 2.45) is 0 Å². The van der Waals surface area contributed by atoms with E-state index in [0.29, 0.717) is 5.69 Å². The van der Waals surface area contributed by atoms with Crippen LogP contribution in [0.4, 0.5) is 5.69 Å². The SMILES string of the molecule is CCS(=O)(=O)CS(=O)(=O)c1ccc(N)cc1. The molecule has 0 spiro atoms. The molecule has 0 fully saturated rings. The molecular weight excluding hydrogens is 250 g/mol. The molecule has 1 aromatic carbocycles. The van der Waals surface area contributed by atoms with Crippen LogP contribution in [0.1, 0.15) is 6.92 Å². The van der Waals surface area contributed by atoms with E-state index in [2.05, 4.69) is 0 Å². The van der Waals surface area contributed by atoms with Crippen molar-refractivity contribution >= 4 is 25.4 Å². The molecule has 1 aromatic rings. The third-order valence-corrected chi connectivity index (χ3v) is 6.56. The Morgan fingerprint density at radius 1 is 1.06 bits per heavy atom. The predicted octanol–water partition coefficient (Wildman–Crippen LogP) is 0.435. The van der Waals surface area contributed by atoms with Crippen molar-refractivity contribution in [1.82, 2.24) is 0 Å². The first kappa shape index (κ1) is 13.0. The van der Waals surface area contributed by atoms with Crippen molar-refractivity contribution in [2.75, 3.05) is 16.6 Å². The minimum absolute atomic E-state index is 0.0290.